The van der Waals surface area contributed by atoms with Gasteiger partial charge in [0, 0.05) is 11.6 Å². The number of carbonyl (C=O) groups is 2. The molecule has 1 N–H and O–H groups in total. The van der Waals surface area contributed by atoms with E-state index in [1.165, 1.54) is 28.7 Å². The Kier molecular flexibility index (Phi) is 4.86. The van der Waals surface area contributed by atoms with Crippen LogP contribution in [0.15, 0.2) is 28.2 Å². The first-order valence-corrected chi connectivity index (χ1v) is 10.4. The van der Waals surface area contributed by atoms with E-state index in [1.807, 2.05) is 19.1 Å². The van der Waals surface area contributed by atoms with Crippen LogP contribution in [0.2, 0.25) is 0 Å². The van der Waals surface area contributed by atoms with Gasteiger partial charge in [0.1, 0.15) is 0 Å². The van der Waals surface area contributed by atoms with Crippen LogP contribution < -0.4 is 5.32 Å². The fraction of sp³-hybridized carbons (Fsp3) is 0.389. The molecular formula is C18H18N4O2S2. The molecule has 134 valence electrons. The number of fused-ring (bicyclic) bond motifs is 2. The Morgan fingerprint density at radius 1 is 1.35 bits per heavy atom. The number of nitrogens with zero attached hydrogens (tertiary/aromatic N) is 3. The van der Waals surface area contributed by atoms with Crippen molar-refractivity contribution in [1.82, 2.24) is 4.98 Å². The third-order valence-electron chi connectivity index (χ3n) is 4.46. The zero-order valence-corrected chi connectivity index (χ0v) is 16.0. The van der Waals surface area contributed by atoms with E-state index in [1.54, 1.807) is 0 Å². The summed E-state index contributed by atoms with van der Waals surface area (Å²) in [5.74, 6) is 0.190. The number of anilines is 1. The number of thiazole rings is 1. The number of nitrogens with one attached hydrogen (secondary N) is 1. The lowest BCUT2D eigenvalue weighted by atomic mass is 9.87. The van der Waals surface area contributed by atoms with E-state index in [9.17, 15) is 9.59 Å². The van der Waals surface area contributed by atoms with E-state index in [-0.39, 0.29) is 17.6 Å². The molecule has 6 nitrogen and oxygen atoms in total. The highest BCUT2D eigenvalue weighted by molar-refractivity contribution is 8.14. The molecule has 1 saturated carbocycles. The number of aromatic nitrogens is 1. The summed E-state index contributed by atoms with van der Waals surface area (Å²) in [6, 6.07) is 5.58. The maximum atomic E-state index is 12.3. The zero-order valence-electron chi connectivity index (χ0n) is 14.3. The Hall–Kier alpha value is -2.06. The van der Waals surface area contributed by atoms with Crippen molar-refractivity contribution in [2.75, 3.05) is 11.1 Å². The Labute approximate surface area is 159 Å². The van der Waals surface area contributed by atoms with Crippen molar-refractivity contribution in [1.29, 1.82) is 0 Å². The molecule has 1 atom stereocenters. The number of aliphatic imine (C=N–C) groups is 2. The number of hydrogen-bond donors (Lipinski definition) is 1. The first kappa shape index (κ1) is 17.4. The third kappa shape index (κ3) is 3.71. The van der Waals surface area contributed by atoms with Gasteiger partial charge in [-0.1, -0.05) is 35.6 Å². The van der Waals surface area contributed by atoms with Crippen molar-refractivity contribution in [3.63, 3.8) is 0 Å². The Bertz CT molecular complexity index is 948. The lowest BCUT2D eigenvalue weighted by molar-refractivity contribution is -0.113. The Balaban J connectivity index is 1.39. The highest BCUT2D eigenvalue weighted by atomic mass is 32.2. The van der Waals surface area contributed by atoms with Gasteiger partial charge < -0.3 is 5.32 Å². The molecule has 4 rings (SSSR count). The van der Waals surface area contributed by atoms with Crippen LogP contribution in [0, 0.1) is 12.8 Å². The molecule has 0 bridgehead atoms. The fourth-order valence-corrected chi connectivity index (χ4v) is 5.16. The predicted octanol–water partition coefficient (Wildman–Crippen LogP) is 4.44. The van der Waals surface area contributed by atoms with Crippen molar-refractivity contribution < 1.29 is 9.59 Å². The molecule has 1 aromatic carbocycles. The Morgan fingerprint density at radius 2 is 2.23 bits per heavy atom. The second kappa shape index (κ2) is 7.28. The number of aryl methyl sites for hydroxylation is 1. The zero-order chi connectivity index (χ0) is 18.1. The number of carbonyl (C=O) groups excluding carboxylic acids is 2. The molecule has 26 heavy (non-hydrogen) atoms. The number of benzene rings is 1. The third-order valence-corrected chi connectivity index (χ3v) is 6.47. The molecule has 1 aliphatic carbocycles. The first-order chi connectivity index (χ1) is 12.6. The number of urea groups is 1. The molecule has 2 aliphatic rings. The van der Waals surface area contributed by atoms with Gasteiger partial charge in [0.2, 0.25) is 5.91 Å². The van der Waals surface area contributed by atoms with E-state index in [0.29, 0.717) is 5.13 Å². The molecule has 0 saturated heterocycles. The van der Waals surface area contributed by atoms with Crippen LogP contribution >= 0.6 is 23.1 Å². The van der Waals surface area contributed by atoms with Gasteiger partial charge in [-0.05, 0) is 43.9 Å². The van der Waals surface area contributed by atoms with Crippen LogP contribution in [0.1, 0.15) is 31.2 Å². The standard InChI is InChI=1S/C18H18N4O2S2/c1-10-6-7-13-14(8-10)26-18(20-13)21-15(23)9-25-16-11-4-2-3-5-12(11)19-17(24)22-16/h6-8,11H,2-5,9H2,1H3,(H,20,21,23). The summed E-state index contributed by atoms with van der Waals surface area (Å²) in [7, 11) is 0. The number of hydrogen-bond acceptors (Lipinski definition) is 5. The Morgan fingerprint density at radius 3 is 3.12 bits per heavy atom. The quantitative estimate of drug-likeness (QED) is 0.845. The minimum atomic E-state index is -0.442. The SMILES string of the molecule is Cc1ccc2nc(NC(=O)CSC3=NC(=O)N=C4CCCCC43)sc2c1. The monoisotopic (exact) mass is 386 g/mol. The predicted molar refractivity (Wildman–Crippen MR) is 108 cm³/mol. The number of thioether (sulfide) groups is 1. The summed E-state index contributed by atoms with van der Waals surface area (Å²) < 4.78 is 1.05. The van der Waals surface area contributed by atoms with Crippen molar-refractivity contribution in [3.8, 4) is 0 Å². The molecular weight excluding hydrogens is 368 g/mol. The summed E-state index contributed by atoms with van der Waals surface area (Å²) >= 11 is 2.80. The van der Waals surface area contributed by atoms with Crippen molar-refractivity contribution >= 4 is 61.1 Å². The highest BCUT2D eigenvalue weighted by Gasteiger charge is 2.30. The topological polar surface area (TPSA) is 83.8 Å². The average Bonchev–Trinajstić information content (AvgIpc) is 3.00. The average molecular weight is 387 g/mol. The minimum Gasteiger partial charge on any atom is -0.301 e. The van der Waals surface area contributed by atoms with Gasteiger partial charge in [0.25, 0.3) is 0 Å². The molecule has 2 aromatic rings. The normalized spacial score (nSPS) is 19.7. The van der Waals surface area contributed by atoms with Crippen LogP contribution in [0.3, 0.4) is 0 Å². The maximum Gasteiger partial charge on any atom is 0.367 e. The smallest absolute Gasteiger partial charge is 0.301 e. The van der Waals surface area contributed by atoms with E-state index in [4.69, 9.17) is 0 Å². The van der Waals surface area contributed by atoms with E-state index in [2.05, 4.69) is 26.4 Å². The van der Waals surface area contributed by atoms with Crippen LogP contribution in [0.4, 0.5) is 9.93 Å². The van der Waals surface area contributed by atoms with Gasteiger partial charge in [-0.15, -0.1) is 0 Å². The lowest BCUT2D eigenvalue weighted by Crippen LogP contribution is -2.31. The maximum absolute atomic E-state index is 12.3. The van der Waals surface area contributed by atoms with Gasteiger partial charge >= 0.3 is 6.03 Å². The van der Waals surface area contributed by atoms with Crippen molar-refractivity contribution in [2.45, 2.75) is 32.6 Å². The molecule has 3 amide bonds. The minimum absolute atomic E-state index is 0.115. The second-order valence-corrected chi connectivity index (χ2v) is 8.49. The van der Waals surface area contributed by atoms with Gasteiger partial charge in [-0.3, -0.25) is 4.79 Å². The lowest BCUT2D eigenvalue weighted by Gasteiger charge is -2.26. The van der Waals surface area contributed by atoms with Crippen molar-refractivity contribution in [2.24, 2.45) is 15.9 Å². The molecule has 1 unspecified atom stereocenters. The van der Waals surface area contributed by atoms with Crippen LogP contribution in [-0.2, 0) is 4.79 Å². The first-order valence-electron chi connectivity index (χ1n) is 8.58. The fourth-order valence-electron chi connectivity index (χ4n) is 3.23. The van der Waals surface area contributed by atoms with Gasteiger partial charge in [0.15, 0.2) is 5.13 Å². The highest BCUT2D eigenvalue weighted by Crippen LogP contribution is 2.31. The summed E-state index contributed by atoms with van der Waals surface area (Å²) in [5.41, 5.74) is 2.98. The van der Waals surface area contributed by atoms with Gasteiger partial charge in [-0.25, -0.2) is 14.8 Å². The summed E-state index contributed by atoms with van der Waals surface area (Å²) in [6.07, 6.45) is 3.98. The molecule has 0 spiro atoms. The summed E-state index contributed by atoms with van der Waals surface area (Å²) in [4.78, 5) is 36.5. The van der Waals surface area contributed by atoms with E-state index < -0.39 is 6.03 Å². The van der Waals surface area contributed by atoms with E-state index in [0.717, 1.165) is 46.7 Å². The largest absolute Gasteiger partial charge is 0.367 e. The molecule has 2 heterocycles. The molecule has 1 aromatic heterocycles. The van der Waals surface area contributed by atoms with E-state index >= 15 is 0 Å². The van der Waals surface area contributed by atoms with Crippen LogP contribution in [-0.4, -0.2) is 33.4 Å². The van der Waals surface area contributed by atoms with Crippen LogP contribution in [0.25, 0.3) is 10.2 Å². The number of rotatable bonds is 3. The van der Waals surface area contributed by atoms with Crippen molar-refractivity contribution in [3.05, 3.63) is 23.8 Å². The van der Waals surface area contributed by atoms with Gasteiger partial charge in [0.05, 0.1) is 21.0 Å². The molecule has 8 heteroatoms. The number of amides is 3. The molecule has 1 fully saturated rings. The molecule has 1 aliphatic heterocycles. The molecule has 0 radical (unpaired) electrons. The second-order valence-electron chi connectivity index (χ2n) is 6.46. The van der Waals surface area contributed by atoms with Gasteiger partial charge in [-0.2, -0.15) is 4.99 Å². The summed E-state index contributed by atoms with van der Waals surface area (Å²) in [6.45, 7) is 2.03. The summed E-state index contributed by atoms with van der Waals surface area (Å²) in [5, 5.41) is 4.18. The van der Waals surface area contributed by atoms with Crippen LogP contribution in [0.5, 0.6) is 0 Å².